The molecular formula is C21H22ClN5O4. The number of ether oxygens (including phenoxy) is 1. The third-order valence-corrected chi connectivity index (χ3v) is 4.37. The quantitative estimate of drug-likeness (QED) is 0.514. The zero-order chi connectivity index (χ0) is 22.6. The molecule has 0 radical (unpaired) electrons. The number of aromatic nitrogens is 2. The highest BCUT2D eigenvalue weighted by Gasteiger charge is 2.19. The van der Waals surface area contributed by atoms with Crippen LogP contribution in [0.25, 0.3) is 0 Å². The van der Waals surface area contributed by atoms with Gasteiger partial charge in [0.1, 0.15) is 11.5 Å². The van der Waals surface area contributed by atoms with E-state index in [1.165, 1.54) is 6.20 Å². The Labute approximate surface area is 183 Å². The monoisotopic (exact) mass is 443 g/mol. The number of pyridine rings is 1. The first-order chi connectivity index (χ1) is 14.6. The molecule has 0 bridgehead atoms. The van der Waals surface area contributed by atoms with Crippen molar-refractivity contribution in [3.8, 4) is 11.5 Å². The lowest BCUT2D eigenvalue weighted by molar-refractivity contribution is -0.117. The molecule has 9 nitrogen and oxygen atoms in total. The highest BCUT2D eigenvalue weighted by molar-refractivity contribution is 6.32. The van der Waals surface area contributed by atoms with Gasteiger partial charge < -0.3 is 20.3 Å². The number of amides is 3. The number of anilines is 2. The molecule has 0 saturated carbocycles. The van der Waals surface area contributed by atoms with Gasteiger partial charge in [0.2, 0.25) is 11.8 Å². The van der Waals surface area contributed by atoms with Gasteiger partial charge in [0.05, 0.1) is 22.8 Å². The molecule has 3 aromatic rings. The van der Waals surface area contributed by atoms with Gasteiger partial charge in [-0.1, -0.05) is 37.5 Å². The Kier molecular flexibility index (Phi) is 6.45. The van der Waals surface area contributed by atoms with Crippen LogP contribution in [0.4, 0.5) is 16.4 Å². The lowest BCUT2D eigenvalue weighted by atomic mass is 9.92. The number of carbonyl (C=O) groups is 2. The van der Waals surface area contributed by atoms with Crippen LogP contribution in [0, 0.1) is 0 Å². The van der Waals surface area contributed by atoms with Crippen molar-refractivity contribution in [2.24, 2.45) is 5.73 Å². The van der Waals surface area contributed by atoms with Gasteiger partial charge in [-0.05, 0) is 24.3 Å². The molecule has 31 heavy (non-hydrogen) atoms. The number of hydrogen-bond donors (Lipinski definition) is 3. The first-order valence-corrected chi connectivity index (χ1v) is 9.74. The molecule has 3 rings (SSSR count). The molecule has 0 aliphatic heterocycles. The molecule has 4 N–H and O–H groups in total. The number of benzene rings is 1. The van der Waals surface area contributed by atoms with Crippen LogP contribution in [0.3, 0.4) is 0 Å². The Balaban J connectivity index is 1.63. The SMILES string of the molecule is CC(C)(C)c1cc(NC(=O)Nc2ccc(Oc3ccnc(CC(N)=O)c3)c(Cl)c2)on1. The maximum Gasteiger partial charge on any atom is 0.326 e. The maximum atomic E-state index is 12.2. The van der Waals surface area contributed by atoms with Crippen LogP contribution in [0.5, 0.6) is 11.5 Å². The topological polar surface area (TPSA) is 132 Å². The summed E-state index contributed by atoms with van der Waals surface area (Å²) in [6, 6.07) is 9.18. The van der Waals surface area contributed by atoms with E-state index < -0.39 is 11.9 Å². The summed E-state index contributed by atoms with van der Waals surface area (Å²) in [6.45, 7) is 5.97. The molecule has 3 amide bonds. The summed E-state index contributed by atoms with van der Waals surface area (Å²) in [5.41, 5.74) is 6.65. The van der Waals surface area contributed by atoms with E-state index in [1.807, 2.05) is 20.8 Å². The third kappa shape index (κ3) is 6.19. The van der Waals surface area contributed by atoms with Crippen molar-refractivity contribution in [1.82, 2.24) is 10.1 Å². The van der Waals surface area contributed by atoms with Crippen LogP contribution < -0.4 is 21.1 Å². The lowest BCUT2D eigenvalue weighted by Crippen LogP contribution is -2.19. The van der Waals surface area contributed by atoms with Crippen LogP contribution in [0.15, 0.2) is 47.1 Å². The van der Waals surface area contributed by atoms with E-state index in [0.717, 1.165) is 5.69 Å². The fourth-order valence-corrected chi connectivity index (χ4v) is 2.76. The summed E-state index contributed by atoms with van der Waals surface area (Å²) >= 11 is 6.29. The van der Waals surface area contributed by atoms with Crippen LogP contribution in [0.1, 0.15) is 32.2 Å². The molecule has 0 aliphatic rings. The Bertz CT molecular complexity index is 1110. The smallest absolute Gasteiger partial charge is 0.326 e. The molecule has 0 saturated heterocycles. The third-order valence-electron chi connectivity index (χ3n) is 4.08. The fraction of sp³-hybridized carbons (Fsp3) is 0.238. The van der Waals surface area contributed by atoms with Gasteiger partial charge in [-0.2, -0.15) is 0 Å². The molecule has 2 aromatic heterocycles. The Morgan fingerprint density at radius 1 is 1.16 bits per heavy atom. The summed E-state index contributed by atoms with van der Waals surface area (Å²) in [4.78, 5) is 27.3. The van der Waals surface area contributed by atoms with Crippen molar-refractivity contribution in [1.29, 1.82) is 0 Å². The van der Waals surface area contributed by atoms with Gasteiger partial charge in [-0.25, -0.2) is 4.79 Å². The predicted molar refractivity (Wildman–Crippen MR) is 117 cm³/mol. The van der Waals surface area contributed by atoms with Gasteiger partial charge >= 0.3 is 6.03 Å². The van der Waals surface area contributed by atoms with Gasteiger partial charge in [0, 0.05) is 29.4 Å². The summed E-state index contributed by atoms with van der Waals surface area (Å²) in [7, 11) is 0. The van der Waals surface area contributed by atoms with Gasteiger partial charge in [-0.3, -0.25) is 15.1 Å². The molecule has 1 aromatic carbocycles. The average molecular weight is 444 g/mol. The lowest BCUT2D eigenvalue weighted by Gasteiger charge is -2.12. The van der Waals surface area contributed by atoms with E-state index in [1.54, 1.807) is 36.4 Å². The zero-order valence-corrected chi connectivity index (χ0v) is 18.0. The normalized spacial score (nSPS) is 11.1. The standard InChI is InChI=1S/C21H22ClN5O4/c1-21(2,3)17-11-19(31-27-17)26-20(29)25-12-4-5-16(15(22)9-12)30-14-6-7-24-13(8-14)10-18(23)28/h4-9,11H,10H2,1-3H3,(H2,23,28)(H2,25,26,29). The van der Waals surface area contributed by atoms with Crippen molar-refractivity contribution in [2.45, 2.75) is 32.6 Å². The van der Waals surface area contributed by atoms with Crippen molar-refractivity contribution in [3.63, 3.8) is 0 Å². The largest absolute Gasteiger partial charge is 0.456 e. The maximum absolute atomic E-state index is 12.2. The van der Waals surface area contributed by atoms with Crippen LogP contribution in [-0.2, 0) is 16.6 Å². The van der Waals surface area contributed by atoms with E-state index in [0.29, 0.717) is 22.9 Å². The molecule has 0 unspecified atom stereocenters. The number of nitrogens with one attached hydrogen (secondary N) is 2. The average Bonchev–Trinajstić information content (AvgIpc) is 3.12. The van der Waals surface area contributed by atoms with E-state index in [4.69, 9.17) is 26.6 Å². The zero-order valence-electron chi connectivity index (χ0n) is 17.2. The summed E-state index contributed by atoms with van der Waals surface area (Å²) in [6.07, 6.45) is 1.52. The first-order valence-electron chi connectivity index (χ1n) is 9.36. The van der Waals surface area contributed by atoms with Crippen molar-refractivity contribution < 1.29 is 18.8 Å². The van der Waals surface area contributed by atoms with Crippen LogP contribution in [-0.4, -0.2) is 22.1 Å². The van der Waals surface area contributed by atoms with Gasteiger partial charge in [0.15, 0.2) is 0 Å². The number of urea groups is 1. The Morgan fingerprint density at radius 2 is 1.94 bits per heavy atom. The fourth-order valence-electron chi connectivity index (χ4n) is 2.54. The van der Waals surface area contributed by atoms with Gasteiger partial charge in [0.25, 0.3) is 0 Å². The number of primary amides is 1. The number of carbonyl (C=O) groups excluding carboxylic acids is 2. The summed E-state index contributed by atoms with van der Waals surface area (Å²) < 4.78 is 10.9. The minimum Gasteiger partial charge on any atom is -0.456 e. The van der Waals surface area contributed by atoms with Crippen molar-refractivity contribution in [3.05, 3.63) is 59.0 Å². The molecule has 162 valence electrons. The minimum atomic E-state index is -0.508. The highest BCUT2D eigenvalue weighted by Crippen LogP contribution is 2.32. The van der Waals surface area contributed by atoms with E-state index in [9.17, 15) is 9.59 Å². The van der Waals surface area contributed by atoms with E-state index in [2.05, 4.69) is 20.8 Å². The highest BCUT2D eigenvalue weighted by atomic mass is 35.5. The van der Waals surface area contributed by atoms with E-state index in [-0.39, 0.29) is 22.7 Å². The summed E-state index contributed by atoms with van der Waals surface area (Å²) in [5, 5.41) is 9.47. The Hall–Kier alpha value is -3.59. The molecule has 0 spiro atoms. The summed E-state index contributed by atoms with van der Waals surface area (Å²) in [5.74, 6) is 0.565. The van der Waals surface area contributed by atoms with Gasteiger partial charge in [-0.15, -0.1) is 0 Å². The number of rotatable bonds is 6. The first kappa shape index (κ1) is 22.1. The Morgan fingerprint density at radius 3 is 2.58 bits per heavy atom. The second kappa shape index (κ2) is 9.05. The number of hydrogen-bond acceptors (Lipinski definition) is 6. The van der Waals surface area contributed by atoms with Crippen molar-refractivity contribution >= 4 is 35.1 Å². The number of nitrogens with two attached hydrogens (primary N) is 1. The van der Waals surface area contributed by atoms with Crippen LogP contribution in [0.2, 0.25) is 5.02 Å². The van der Waals surface area contributed by atoms with Crippen LogP contribution >= 0.6 is 11.6 Å². The second-order valence-corrected chi connectivity index (χ2v) is 8.19. The molecular weight excluding hydrogens is 422 g/mol. The minimum absolute atomic E-state index is 0.00529. The molecule has 10 heteroatoms. The number of halogens is 1. The van der Waals surface area contributed by atoms with E-state index >= 15 is 0 Å². The molecule has 2 heterocycles. The molecule has 0 atom stereocenters. The number of nitrogens with zero attached hydrogens (tertiary/aromatic N) is 2. The second-order valence-electron chi connectivity index (χ2n) is 7.78. The van der Waals surface area contributed by atoms with Crippen molar-refractivity contribution in [2.75, 3.05) is 10.6 Å². The predicted octanol–water partition coefficient (Wildman–Crippen LogP) is 4.48. The molecule has 0 fully saturated rings. The molecule has 0 aliphatic carbocycles.